The number of guanidine groups is 1. The molecule has 1 aliphatic heterocycles. The van der Waals surface area contributed by atoms with Crippen molar-refractivity contribution in [3.05, 3.63) is 17.3 Å². The summed E-state index contributed by atoms with van der Waals surface area (Å²) in [6, 6.07) is 0. The summed E-state index contributed by atoms with van der Waals surface area (Å²) in [7, 11) is 1.77. The summed E-state index contributed by atoms with van der Waals surface area (Å²) in [5, 5.41) is 6.60. The second-order valence-corrected chi connectivity index (χ2v) is 6.07. The molecule has 1 aromatic heterocycles. The van der Waals surface area contributed by atoms with Crippen LogP contribution in [0.5, 0.6) is 0 Å². The minimum Gasteiger partial charge on any atom is -0.444 e. The van der Waals surface area contributed by atoms with E-state index in [1.54, 1.807) is 7.05 Å². The standard InChI is InChI=1S/C16H29N5O2/c1-12(11-21-5-7-22-8-6-21)9-18-16(17-4)19-10-15-20-13(2)14(3)23-15/h12H,5-11H2,1-4H3,(H2,17,18,19). The lowest BCUT2D eigenvalue weighted by molar-refractivity contribution is 0.0320. The van der Waals surface area contributed by atoms with Crippen molar-refractivity contribution in [1.29, 1.82) is 0 Å². The van der Waals surface area contributed by atoms with Gasteiger partial charge in [-0.15, -0.1) is 0 Å². The number of aliphatic imine (C=N–C) groups is 1. The maximum atomic E-state index is 5.56. The third kappa shape index (κ3) is 5.84. The number of ether oxygens (including phenoxy) is 1. The van der Waals surface area contributed by atoms with Crippen molar-refractivity contribution in [1.82, 2.24) is 20.5 Å². The lowest BCUT2D eigenvalue weighted by Gasteiger charge is -2.29. The highest BCUT2D eigenvalue weighted by molar-refractivity contribution is 5.79. The normalized spacial score (nSPS) is 18.0. The average Bonchev–Trinajstić information content (AvgIpc) is 2.87. The highest BCUT2D eigenvalue weighted by Gasteiger charge is 2.14. The summed E-state index contributed by atoms with van der Waals surface area (Å²) in [4.78, 5) is 11.0. The molecule has 0 amide bonds. The first-order valence-electron chi connectivity index (χ1n) is 8.26. The van der Waals surface area contributed by atoms with Crippen LogP contribution >= 0.6 is 0 Å². The molecule has 0 aliphatic carbocycles. The lowest BCUT2D eigenvalue weighted by atomic mass is 10.1. The van der Waals surface area contributed by atoms with E-state index in [4.69, 9.17) is 9.15 Å². The first-order valence-corrected chi connectivity index (χ1v) is 8.26. The first-order chi connectivity index (χ1) is 11.1. The highest BCUT2D eigenvalue weighted by Crippen LogP contribution is 2.07. The molecule has 1 atom stereocenters. The van der Waals surface area contributed by atoms with E-state index in [1.165, 1.54) is 0 Å². The van der Waals surface area contributed by atoms with E-state index in [0.29, 0.717) is 18.4 Å². The third-order valence-corrected chi connectivity index (χ3v) is 4.00. The molecule has 2 rings (SSSR count). The Bertz CT molecular complexity index is 489. The van der Waals surface area contributed by atoms with E-state index in [1.807, 2.05) is 13.8 Å². The van der Waals surface area contributed by atoms with Crippen LogP contribution in [-0.4, -0.2) is 62.3 Å². The van der Waals surface area contributed by atoms with Gasteiger partial charge in [0.15, 0.2) is 5.96 Å². The van der Waals surface area contributed by atoms with Crippen molar-refractivity contribution in [2.75, 3.05) is 46.4 Å². The van der Waals surface area contributed by atoms with Gasteiger partial charge in [0.25, 0.3) is 0 Å². The predicted octanol–water partition coefficient (Wildman–Crippen LogP) is 0.925. The Hall–Kier alpha value is -1.60. The Morgan fingerprint density at radius 1 is 1.30 bits per heavy atom. The summed E-state index contributed by atoms with van der Waals surface area (Å²) in [6.45, 7) is 12.3. The Balaban J connectivity index is 1.69. The molecule has 0 spiro atoms. The van der Waals surface area contributed by atoms with Crippen LogP contribution in [0.25, 0.3) is 0 Å². The highest BCUT2D eigenvalue weighted by atomic mass is 16.5. The zero-order valence-corrected chi connectivity index (χ0v) is 14.7. The van der Waals surface area contributed by atoms with Gasteiger partial charge in [-0.1, -0.05) is 6.92 Å². The maximum absolute atomic E-state index is 5.56. The number of nitrogens with zero attached hydrogens (tertiary/aromatic N) is 3. The van der Waals surface area contributed by atoms with Gasteiger partial charge in [0.05, 0.1) is 25.5 Å². The number of oxazole rings is 1. The van der Waals surface area contributed by atoms with Crippen LogP contribution in [0.1, 0.15) is 24.3 Å². The molecule has 2 N–H and O–H groups in total. The van der Waals surface area contributed by atoms with Gasteiger partial charge in [0.1, 0.15) is 5.76 Å². The molecule has 1 aromatic rings. The number of hydrogen-bond donors (Lipinski definition) is 2. The summed E-state index contributed by atoms with van der Waals surface area (Å²) in [6.07, 6.45) is 0. The van der Waals surface area contributed by atoms with Crippen molar-refractivity contribution < 1.29 is 9.15 Å². The Morgan fingerprint density at radius 2 is 2.04 bits per heavy atom. The van der Waals surface area contributed by atoms with Crippen LogP contribution in [0.15, 0.2) is 9.41 Å². The molecular weight excluding hydrogens is 294 g/mol. The number of rotatable bonds is 6. The molecule has 1 aliphatic rings. The van der Waals surface area contributed by atoms with Crippen molar-refractivity contribution in [2.24, 2.45) is 10.9 Å². The number of aromatic nitrogens is 1. The number of morpholine rings is 1. The summed E-state index contributed by atoms with van der Waals surface area (Å²) in [5.74, 6) is 2.86. The third-order valence-electron chi connectivity index (χ3n) is 4.00. The van der Waals surface area contributed by atoms with E-state index < -0.39 is 0 Å². The second kappa shape index (κ2) is 8.88. The molecule has 23 heavy (non-hydrogen) atoms. The van der Waals surface area contributed by atoms with Crippen molar-refractivity contribution >= 4 is 5.96 Å². The van der Waals surface area contributed by atoms with Crippen LogP contribution < -0.4 is 10.6 Å². The number of hydrogen-bond acceptors (Lipinski definition) is 5. The summed E-state index contributed by atoms with van der Waals surface area (Å²) in [5.41, 5.74) is 0.934. The van der Waals surface area contributed by atoms with Crippen LogP contribution in [0.4, 0.5) is 0 Å². The fourth-order valence-electron chi connectivity index (χ4n) is 2.55. The van der Waals surface area contributed by atoms with Gasteiger partial charge in [0.2, 0.25) is 5.89 Å². The quantitative estimate of drug-likeness (QED) is 0.599. The van der Waals surface area contributed by atoms with E-state index in [0.717, 1.165) is 56.8 Å². The molecule has 1 fully saturated rings. The molecule has 7 nitrogen and oxygen atoms in total. The van der Waals surface area contributed by atoms with E-state index >= 15 is 0 Å². The second-order valence-electron chi connectivity index (χ2n) is 6.07. The fraction of sp³-hybridized carbons (Fsp3) is 0.750. The minimum absolute atomic E-state index is 0.534. The Labute approximate surface area is 138 Å². The molecule has 130 valence electrons. The van der Waals surface area contributed by atoms with Gasteiger partial charge in [-0.2, -0.15) is 0 Å². The molecule has 1 saturated heterocycles. The van der Waals surface area contributed by atoms with Gasteiger partial charge in [0, 0.05) is 33.2 Å². The lowest BCUT2D eigenvalue weighted by Crippen LogP contribution is -2.43. The van der Waals surface area contributed by atoms with Gasteiger partial charge < -0.3 is 19.8 Å². The molecule has 0 saturated carbocycles. The Kier molecular flexibility index (Phi) is 6.85. The van der Waals surface area contributed by atoms with Gasteiger partial charge >= 0.3 is 0 Å². The summed E-state index contributed by atoms with van der Waals surface area (Å²) < 4.78 is 10.9. The van der Waals surface area contributed by atoms with Crippen LogP contribution in [0, 0.1) is 19.8 Å². The molecule has 0 aromatic carbocycles. The first kappa shape index (κ1) is 17.7. The van der Waals surface area contributed by atoms with Crippen LogP contribution in [0.3, 0.4) is 0 Å². The van der Waals surface area contributed by atoms with Gasteiger partial charge in [-0.3, -0.25) is 9.89 Å². The zero-order valence-electron chi connectivity index (χ0n) is 14.7. The minimum atomic E-state index is 0.534. The monoisotopic (exact) mass is 323 g/mol. The SMILES string of the molecule is CN=C(NCc1nc(C)c(C)o1)NCC(C)CN1CCOCC1. The molecule has 2 heterocycles. The zero-order chi connectivity index (χ0) is 16.7. The largest absolute Gasteiger partial charge is 0.444 e. The van der Waals surface area contributed by atoms with Crippen LogP contribution in [-0.2, 0) is 11.3 Å². The van der Waals surface area contributed by atoms with Crippen molar-refractivity contribution in [3.63, 3.8) is 0 Å². The van der Waals surface area contributed by atoms with Crippen LogP contribution in [0.2, 0.25) is 0 Å². The Morgan fingerprint density at radius 3 is 2.65 bits per heavy atom. The van der Waals surface area contributed by atoms with E-state index in [2.05, 4.69) is 32.4 Å². The molecular formula is C16H29N5O2. The van der Waals surface area contributed by atoms with Crippen molar-refractivity contribution in [3.8, 4) is 0 Å². The van der Waals surface area contributed by atoms with Gasteiger partial charge in [-0.25, -0.2) is 4.98 Å². The number of aryl methyl sites for hydroxylation is 2. The smallest absolute Gasteiger partial charge is 0.214 e. The fourth-order valence-corrected chi connectivity index (χ4v) is 2.55. The van der Waals surface area contributed by atoms with Gasteiger partial charge in [-0.05, 0) is 19.8 Å². The number of nitrogens with one attached hydrogen (secondary N) is 2. The molecule has 0 radical (unpaired) electrons. The van der Waals surface area contributed by atoms with Crippen molar-refractivity contribution in [2.45, 2.75) is 27.3 Å². The maximum Gasteiger partial charge on any atom is 0.214 e. The predicted molar refractivity (Wildman–Crippen MR) is 90.6 cm³/mol. The van der Waals surface area contributed by atoms with E-state index in [-0.39, 0.29) is 0 Å². The summed E-state index contributed by atoms with van der Waals surface area (Å²) >= 11 is 0. The topological polar surface area (TPSA) is 74.9 Å². The van der Waals surface area contributed by atoms with E-state index in [9.17, 15) is 0 Å². The molecule has 7 heteroatoms. The molecule has 1 unspecified atom stereocenters. The molecule has 0 bridgehead atoms. The average molecular weight is 323 g/mol.